The first-order valence-corrected chi connectivity index (χ1v) is 22.3. The number of anilines is 3. The molecule has 0 N–H and O–H groups in total. The van der Waals surface area contributed by atoms with Gasteiger partial charge in [0.2, 0.25) is 0 Å². The van der Waals surface area contributed by atoms with Crippen molar-refractivity contribution in [1.29, 1.82) is 0 Å². The smallest absolute Gasteiger partial charge is 0.0547 e. The Kier molecular flexibility index (Phi) is 9.06. The third-order valence-corrected chi connectivity index (χ3v) is 13.6. The van der Waals surface area contributed by atoms with Crippen LogP contribution < -0.4 is 4.90 Å². The van der Waals surface area contributed by atoms with Gasteiger partial charge >= 0.3 is 0 Å². The van der Waals surface area contributed by atoms with E-state index in [1.807, 2.05) is 11.3 Å². The second kappa shape index (κ2) is 15.5. The van der Waals surface area contributed by atoms with Crippen LogP contribution >= 0.6 is 11.3 Å². The van der Waals surface area contributed by atoms with Crippen molar-refractivity contribution >= 4 is 70.4 Å². The average Bonchev–Trinajstić information content (AvgIpc) is 3.90. The van der Waals surface area contributed by atoms with Crippen LogP contribution in [0.3, 0.4) is 0 Å². The maximum atomic E-state index is 2.45. The molecule has 0 aliphatic rings. The molecule has 63 heavy (non-hydrogen) atoms. The minimum absolute atomic E-state index is 1.09. The van der Waals surface area contributed by atoms with Crippen molar-refractivity contribution in [3.63, 3.8) is 0 Å². The summed E-state index contributed by atoms with van der Waals surface area (Å²) in [5.41, 5.74) is 16.4. The molecule has 0 saturated carbocycles. The zero-order valence-electron chi connectivity index (χ0n) is 34.4. The number of hydrogen-bond donors (Lipinski definition) is 0. The summed E-state index contributed by atoms with van der Waals surface area (Å²) in [6, 6.07) is 88.4. The van der Waals surface area contributed by atoms with E-state index < -0.39 is 0 Å². The van der Waals surface area contributed by atoms with Gasteiger partial charge in [0.1, 0.15) is 0 Å². The van der Waals surface area contributed by atoms with E-state index in [1.165, 1.54) is 80.9 Å². The lowest BCUT2D eigenvalue weighted by Gasteiger charge is -2.29. The molecule has 0 unspecified atom stereocenters. The largest absolute Gasteiger partial charge is 0.310 e. The van der Waals surface area contributed by atoms with Crippen LogP contribution in [-0.4, -0.2) is 4.57 Å². The van der Waals surface area contributed by atoms with Gasteiger partial charge in [0.05, 0.1) is 16.7 Å². The summed E-state index contributed by atoms with van der Waals surface area (Å²) in [6.45, 7) is 0. The molecule has 0 aliphatic carbocycles. The summed E-state index contributed by atoms with van der Waals surface area (Å²) in [5, 5.41) is 5.06. The minimum atomic E-state index is 1.09. The molecular formula is C60H40N2S. The molecule has 2 aromatic heterocycles. The number of aromatic nitrogens is 1. The van der Waals surface area contributed by atoms with Crippen molar-refractivity contribution in [2.75, 3.05) is 4.90 Å². The Labute approximate surface area is 370 Å². The molecule has 0 spiro atoms. The highest BCUT2D eigenvalue weighted by atomic mass is 32.1. The van der Waals surface area contributed by atoms with Crippen molar-refractivity contribution in [3.05, 3.63) is 243 Å². The standard InChI is InChI=1S/C60H40N2S/c1-3-17-42(18-4-1)47-21-7-8-22-48(47)49-23-9-10-24-50(49)51-25-11-14-28-56(51)61(46-36-38-60-55(40-46)54-27-13-16-30-59(54)63-60)45-34-31-41(32-35-45)43-33-37-53-52-26-12-15-29-57(52)62(58(53)39-43)44-19-5-2-6-20-44/h1-40H. The fourth-order valence-electron chi connectivity index (χ4n) is 9.53. The van der Waals surface area contributed by atoms with Crippen LogP contribution in [0.2, 0.25) is 0 Å². The highest BCUT2D eigenvalue weighted by molar-refractivity contribution is 7.25. The fourth-order valence-corrected chi connectivity index (χ4v) is 10.6. The molecule has 3 heteroatoms. The van der Waals surface area contributed by atoms with Gasteiger partial charge in [0.15, 0.2) is 0 Å². The third kappa shape index (κ3) is 6.41. The maximum Gasteiger partial charge on any atom is 0.0547 e. The molecule has 2 nitrogen and oxygen atoms in total. The fraction of sp³-hybridized carbons (Fsp3) is 0. The highest BCUT2D eigenvalue weighted by Gasteiger charge is 2.21. The van der Waals surface area contributed by atoms with Gasteiger partial charge in [-0.1, -0.05) is 176 Å². The van der Waals surface area contributed by atoms with Gasteiger partial charge in [-0.2, -0.15) is 0 Å². The lowest BCUT2D eigenvalue weighted by Crippen LogP contribution is -2.11. The second-order valence-corrected chi connectivity index (χ2v) is 17.1. The van der Waals surface area contributed by atoms with E-state index in [-0.39, 0.29) is 0 Å². The van der Waals surface area contributed by atoms with Gasteiger partial charge in [-0.05, 0) is 106 Å². The predicted octanol–water partition coefficient (Wildman–Crippen LogP) is 17.3. The zero-order chi connectivity index (χ0) is 41.7. The summed E-state index contributed by atoms with van der Waals surface area (Å²) in [5.74, 6) is 0. The third-order valence-electron chi connectivity index (χ3n) is 12.4. The summed E-state index contributed by atoms with van der Waals surface area (Å²) in [7, 11) is 0. The number of nitrogens with zero attached hydrogens (tertiary/aromatic N) is 2. The molecule has 0 aliphatic heterocycles. The Morgan fingerprint density at radius 1 is 0.302 bits per heavy atom. The SMILES string of the molecule is c1ccc(-c2ccccc2-c2ccccc2-c2ccccc2N(c2ccc(-c3ccc4c5ccccc5n(-c5ccccc5)c4c3)cc2)c2ccc3sc4ccccc4c3c2)cc1. The molecule has 0 amide bonds. The Hall–Kier alpha value is -7.98. The molecule has 12 rings (SSSR count). The second-order valence-electron chi connectivity index (χ2n) is 16.1. The first kappa shape index (κ1) is 36.8. The van der Waals surface area contributed by atoms with Crippen LogP contribution in [0.4, 0.5) is 17.1 Å². The van der Waals surface area contributed by atoms with Gasteiger partial charge in [0.25, 0.3) is 0 Å². The molecule has 0 fully saturated rings. The van der Waals surface area contributed by atoms with E-state index in [0.717, 1.165) is 28.3 Å². The van der Waals surface area contributed by atoms with Crippen molar-refractivity contribution in [2.24, 2.45) is 0 Å². The Balaban J connectivity index is 1.02. The monoisotopic (exact) mass is 820 g/mol. The van der Waals surface area contributed by atoms with E-state index in [2.05, 4.69) is 252 Å². The number of thiophene rings is 1. The van der Waals surface area contributed by atoms with Crippen LogP contribution in [0.1, 0.15) is 0 Å². The van der Waals surface area contributed by atoms with E-state index in [0.29, 0.717) is 0 Å². The number of rotatable bonds is 8. The van der Waals surface area contributed by atoms with Gasteiger partial charge in [-0.3, -0.25) is 0 Å². The molecular weight excluding hydrogens is 781 g/mol. The normalized spacial score (nSPS) is 11.5. The number of benzene rings is 10. The first-order chi connectivity index (χ1) is 31.3. The Bertz CT molecular complexity index is 3620. The van der Waals surface area contributed by atoms with E-state index in [9.17, 15) is 0 Å². The molecule has 12 aromatic rings. The molecule has 296 valence electrons. The maximum absolute atomic E-state index is 2.45. The Morgan fingerprint density at radius 3 is 1.62 bits per heavy atom. The lowest BCUT2D eigenvalue weighted by atomic mass is 9.88. The van der Waals surface area contributed by atoms with Crippen molar-refractivity contribution < 1.29 is 0 Å². The van der Waals surface area contributed by atoms with Crippen LogP contribution in [0, 0.1) is 0 Å². The van der Waals surface area contributed by atoms with E-state index in [1.54, 1.807) is 0 Å². The first-order valence-electron chi connectivity index (χ1n) is 21.5. The van der Waals surface area contributed by atoms with Crippen molar-refractivity contribution in [2.45, 2.75) is 0 Å². The van der Waals surface area contributed by atoms with Crippen LogP contribution in [0.15, 0.2) is 243 Å². The van der Waals surface area contributed by atoms with Crippen LogP contribution in [0.5, 0.6) is 0 Å². The molecule has 0 saturated heterocycles. The van der Waals surface area contributed by atoms with Crippen LogP contribution in [-0.2, 0) is 0 Å². The highest BCUT2D eigenvalue weighted by Crippen LogP contribution is 2.47. The average molecular weight is 821 g/mol. The van der Waals surface area contributed by atoms with Gasteiger partial charge in [0, 0.05) is 53.6 Å². The molecule has 2 heterocycles. The number of fused-ring (bicyclic) bond motifs is 6. The topological polar surface area (TPSA) is 8.17 Å². The van der Waals surface area contributed by atoms with E-state index >= 15 is 0 Å². The minimum Gasteiger partial charge on any atom is -0.310 e. The lowest BCUT2D eigenvalue weighted by molar-refractivity contribution is 1.18. The number of hydrogen-bond acceptors (Lipinski definition) is 2. The van der Waals surface area contributed by atoms with Gasteiger partial charge in [-0.15, -0.1) is 11.3 Å². The summed E-state index contributed by atoms with van der Waals surface area (Å²) in [4.78, 5) is 2.45. The summed E-state index contributed by atoms with van der Waals surface area (Å²) in [6.07, 6.45) is 0. The molecule has 0 radical (unpaired) electrons. The van der Waals surface area contributed by atoms with E-state index in [4.69, 9.17) is 0 Å². The molecule has 0 atom stereocenters. The Morgan fingerprint density at radius 2 is 0.841 bits per heavy atom. The number of para-hydroxylation sites is 3. The van der Waals surface area contributed by atoms with Crippen molar-refractivity contribution in [3.8, 4) is 50.2 Å². The summed E-state index contributed by atoms with van der Waals surface area (Å²) >= 11 is 1.85. The molecule has 0 bridgehead atoms. The zero-order valence-corrected chi connectivity index (χ0v) is 35.2. The molecule has 10 aromatic carbocycles. The van der Waals surface area contributed by atoms with Gasteiger partial charge in [-0.25, -0.2) is 0 Å². The van der Waals surface area contributed by atoms with Crippen molar-refractivity contribution in [1.82, 2.24) is 4.57 Å². The van der Waals surface area contributed by atoms with Crippen LogP contribution in [0.25, 0.3) is 92.2 Å². The predicted molar refractivity (Wildman–Crippen MR) is 270 cm³/mol. The quantitative estimate of drug-likeness (QED) is 0.148. The summed E-state index contributed by atoms with van der Waals surface area (Å²) < 4.78 is 4.98. The van der Waals surface area contributed by atoms with Gasteiger partial charge < -0.3 is 9.47 Å².